The summed E-state index contributed by atoms with van der Waals surface area (Å²) in [5.41, 5.74) is 18.7. The number of rotatable bonds is 0. The van der Waals surface area contributed by atoms with Gasteiger partial charge in [0.1, 0.15) is 5.82 Å². The Bertz CT molecular complexity index is 647. The minimum atomic E-state index is 0.263. The zero-order valence-corrected chi connectivity index (χ0v) is 10.6. The van der Waals surface area contributed by atoms with Crippen LogP contribution in [-0.4, -0.2) is 9.97 Å². The number of nitrogens with two attached hydrogens (primary N) is 2. The van der Waals surface area contributed by atoms with Crippen LogP contribution in [0.15, 0.2) is 12.1 Å². The first kappa shape index (κ1) is 11.0. The van der Waals surface area contributed by atoms with Crippen LogP contribution in [0.1, 0.15) is 22.4 Å². The molecule has 1 heterocycles. The van der Waals surface area contributed by atoms with Gasteiger partial charge in [0, 0.05) is 5.56 Å². The van der Waals surface area contributed by atoms with Crippen molar-refractivity contribution in [2.75, 3.05) is 11.5 Å². The first-order valence-electron chi connectivity index (χ1n) is 6.08. The van der Waals surface area contributed by atoms with Crippen molar-refractivity contribution in [2.45, 2.75) is 26.7 Å². The van der Waals surface area contributed by atoms with Gasteiger partial charge in [0.15, 0.2) is 0 Å². The van der Waals surface area contributed by atoms with Crippen LogP contribution in [0.2, 0.25) is 0 Å². The summed E-state index contributed by atoms with van der Waals surface area (Å²) in [5, 5.41) is 0. The molecule has 0 aliphatic heterocycles. The van der Waals surface area contributed by atoms with E-state index in [-0.39, 0.29) is 5.95 Å². The van der Waals surface area contributed by atoms with Crippen molar-refractivity contribution in [3.63, 3.8) is 0 Å². The normalized spacial score (nSPS) is 13.0. The predicted molar refractivity (Wildman–Crippen MR) is 73.2 cm³/mol. The van der Waals surface area contributed by atoms with E-state index in [0.717, 1.165) is 29.7 Å². The van der Waals surface area contributed by atoms with Crippen LogP contribution in [-0.2, 0) is 12.8 Å². The second kappa shape index (κ2) is 3.70. The minimum Gasteiger partial charge on any atom is -0.383 e. The summed E-state index contributed by atoms with van der Waals surface area (Å²) in [4.78, 5) is 8.39. The summed E-state index contributed by atoms with van der Waals surface area (Å²) in [6.07, 6.45) is 1.86. The fourth-order valence-corrected chi connectivity index (χ4v) is 2.59. The number of fused-ring (bicyclic) bond motifs is 3. The summed E-state index contributed by atoms with van der Waals surface area (Å²) < 4.78 is 0. The van der Waals surface area contributed by atoms with Crippen LogP contribution < -0.4 is 11.5 Å². The summed E-state index contributed by atoms with van der Waals surface area (Å²) in [6, 6.07) is 4.42. The molecule has 0 radical (unpaired) electrons. The Morgan fingerprint density at radius 1 is 1.00 bits per heavy atom. The number of hydrogen-bond donors (Lipinski definition) is 2. The van der Waals surface area contributed by atoms with E-state index in [1.165, 1.54) is 16.7 Å². The molecule has 4 nitrogen and oxygen atoms in total. The summed E-state index contributed by atoms with van der Waals surface area (Å²) in [6.45, 7) is 4.24. The predicted octanol–water partition coefficient (Wildman–Crippen LogP) is 2.02. The second-order valence-electron chi connectivity index (χ2n) is 4.88. The van der Waals surface area contributed by atoms with Crippen LogP contribution in [0.25, 0.3) is 11.1 Å². The van der Waals surface area contributed by atoms with Gasteiger partial charge >= 0.3 is 0 Å². The molecule has 1 aliphatic carbocycles. The molecule has 1 aliphatic rings. The molecular formula is C14H16N4. The van der Waals surface area contributed by atoms with Gasteiger partial charge in [0.2, 0.25) is 5.95 Å². The molecule has 1 aromatic heterocycles. The molecule has 1 aromatic carbocycles. The number of benzene rings is 1. The Morgan fingerprint density at radius 2 is 1.72 bits per heavy atom. The van der Waals surface area contributed by atoms with Crippen molar-refractivity contribution in [3.05, 3.63) is 34.5 Å². The van der Waals surface area contributed by atoms with E-state index in [9.17, 15) is 0 Å². The lowest BCUT2D eigenvalue weighted by Gasteiger charge is -2.21. The maximum Gasteiger partial charge on any atom is 0.222 e. The van der Waals surface area contributed by atoms with Crippen molar-refractivity contribution in [2.24, 2.45) is 0 Å². The average Bonchev–Trinajstić information content (AvgIpc) is 2.30. The Hall–Kier alpha value is -2.10. The molecule has 18 heavy (non-hydrogen) atoms. The largest absolute Gasteiger partial charge is 0.383 e. The quantitative estimate of drug-likeness (QED) is 0.738. The van der Waals surface area contributed by atoms with Crippen molar-refractivity contribution in [3.8, 4) is 11.1 Å². The molecule has 0 spiro atoms. The molecular weight excluding hydrogens is 224 g/mol. The second-order valence-corrected chi connectivity index (χ2v) is 4.88. The van der Waals surface area contributed by atoms with Crippen LogP contribution in [0.5, 0.6) is 0 Å². The van der Waals surface area contributed by atoms with Gasteiger partial charge in [0.05, 0.1) is 5.69 Å². The first-order valence-corrected chi connectivity index (χ1v) is 6.08. The average molecular weight is 240 g/mol. The van der Waals surface area contributed by atoms with Crippen molar-refractivity contribution >= 4 is 11.8 Å². The topological polar surface area (TPSA) is 77.8 Å². The number of aromatic nitrogens is 2. The van der Waals surface area contributed by atoms with Crippen molar-refractivity contribution in [1.82, 2.24) is 9.97 Å². The lowest BCUT2D eigenvalue weighted by atomic mass is 9.86. The Labute approximate surface area is 106 Å². The molecule has 2 aromatic rings. The number of nitrogen functional groups attached to an aromatic ring is 2. The minimum absolute atomic E-state index is 0.263. The Morgan fingerprint density at radius 3 is 2.50 bits per heavy atom. The molecule has 0 atom stereocenters. The van der Waals surface area contributed by atoms with E-state index >= 15 is 0 Å². The molecule has 0 saturated carbocycles. The highest BCUT2D eigenvalue weighted by atomic mass is 15.0. The molecule has 0 bridgehead atoms. The van der Waals surface area contributed by atoms with Gasteiger partial charge in [-0.25, -0.2) is 4.98 Å². The van der Waals surface area contributed by atoms with Crippen LogP contribution in [0.4, 0.5) is 11.8 Å². The zero-order chi connectivity index (χ0) is 12.9. The van der Waals surface area contributed by atoms with Crippen molar-refractivity contribution in [1.29, 1.82) is 0 Å². The molecule has 0 amide bonds. The Kier molecular flexibility index (Phi) is 2.26. The third kappa shape index (κ3) is 1.53. The molecule has 0 unspecified atom stereocenters. The highest BCUT2D eigenvalue weighted by Crippen LogP contribution is 2.37. The third-order valence-corrected chi connectivity index (χ3v) is 3.65. The van der Waals surface area contributed by atoms with E-state index in [2.05, 4.69) is 35.9 Å². The number of aryl methyl sites for hydroxylation is 4. The smallest absolute Gasteiger partial charge is 0.222 e. The fraction of sp³-hybridized carbons (Fsp3) is 0.286. The van der Waals surface area contributed by atoms with Gasteiger partial charge in [-0.2, -0.15) is 4.98 Å². The van der Waals surface area contributed by atoms with Gasteiger partial charge < -0.3 is 11.5 Å². The first-order chi connectivity index (χ1) is 8.56. The maximum atomic E-state index is 6.01. The van der Waals surface area contributed by atoms with Gasteiger partial charge in [-0.3, -0.25) is 0 Å². The highest BCUT2D eigenvalue weighted by molar-refractivity contribution is 5.81. The summed E-state index contributed by atoms with van der Waals surface area (Å²) in [5.74, 6) is 0.750. The highest BCUT2D eigenvalue weighted by Gasteiger charge is 2.21. The van der Waals surface area contributed by atoms with Gasteiger partial charge in [-0.05, 0) is 48.9 Å². The maximum absolute atomic E-state index is 6.01. The summed E-state index contributed by atoms with van der Waals surface area (Å²) in [7, 11) is 0. The monoisotopic (exact) mass is 240 g/mol. The lowest BCUT2D eigenvalue weighted by Crippen LogP contribution is -2.12. The van der Waals surface area contributed by atoms with Crippen LogP contribution in [0.3, 0.4) is 0 Å². The molecule has 92 valence electrons. The van der Waals surface area contributed by atoms with E-state index < -0.39 is 0 Å². The third-order valence-electron chi connectivity index (χ3n) is 3.65. The number of hydrogen-bond acceptors (Lipinski definition) is 4. The standard InChI is InChI=1S/C14H16N4/c1-7-5-9-3-4-11-12(10(9)6-8(7)2)13(15)18-14(16)17-11/h5-6H,3-4H2,1-2H3,(H4,15,16,17,18). The van der Waals surface area contributed by atoms with Gasteiger partial charge in [-0.1, -0.05) is 12.1 Å². The van der Waals surface area contributed by atoms with Gasteiger partial charge in [0.25, 0.3) is 0 Å². The van der Waals surface area contributed by atoms with Crippen LogP contribution in [0, 0.1) is 13.8 Å². The Balaban J connectivity index is 2.31. The summed E-state index contributed by atoms with van der Waals surface area (Å²) >= 11 is 0. The number of nitrogens with zero attached hydrogens (tertiary/aromatic N) is 2. The van der Waals surface area contributed by atoms with Crippen LogP contribution >= 0.6 is 0 Å². The van der Waals surface area contributed by atoms with E-state index in [1.54, 1.807) is 0 Å². The zero-order valence-electron chi connectivity index (χ0n) is 10.6. The number of anilines is 2. The molecule has 4 heteroatoms. The molecule has 0 fully saturated rings. The van der Waals surface area contributed by atoms with E-state index in [1.807, 2.05) is 0 Å². The molecule has 3 rings (SSSR count). The fourth-order valence-electron chi connectivity index (χ4n) is 2.59. The SMILES string of the molecule is Cc1cc2c(cc1C)-c1c(N)nc(N)nc1CC2. The van der Waals surface area contributed by atoms with E-state index in [4.69, 9.17) is 11.5 Å². The molecule has 0 saturated heterocycles. The van der Waals surface area contributed by atoms with E-state index in [0.29, 0.717) is 5.82 Å². The lowest BCUT2D eigenvalue weighted by molar-refractivity contribution is 0.887. The van der Waals surface area contributed by atoms with Gasteiger partial charge in [-0.15, -0.1) is 0 Å². The molecule has 4 N–H and O–H groups in total. The van der Waals surface area contributed by atoms with Crippen molar-refractivity contribution < 1.29 is 0 Å².